The first-order chi connectivity index (χ1) is 15.8. The van der Waals surface area contributed by atoms with Crippen LogP contribution in [0.3, 0.4) is 0 Å². The monoisotopic (exact) mass is 445 g/mol. The molecule has 2 aromatic carbocycles. The Hall–Kier alpha value is -3.80. The van der Waals surface area contributed by atoms with Gasteiger partial charge in [-0.15, -0.1) is 0 Å². The molecule has 0 spiro atoms. The Morgan fingerprint density at radius 1 is 1.12 bits per heavy atom. The molecule has 33 heavy (non-hydrogen) atoms. The highest BCUT2D eigenvalue weighted by Crippen LogP contribution is 2.42. The molecule has 1 aliphatic rings. The SMILES string of the molecule is COc1ccc(C)cc1/C(O)=C1\C(=O)C(=O)N(Cc2ccco2)C1c1ccc(C(C)C)cc1. The van der Waals surface area contributed by atoms with Crippen LogP contribution in [-0.2, 0) is 16.1 Å². The van der Waals surface area contributed by atoms with Gasteiger partial charge in [0, 0.05) is 0 Å². The minimum absolute atomic E-state index is 0.0350. The number of amides is 1. The molecule has 1 unspecified atom stereocenters. The van der Waals surface area contributed by atoms with Gasteiger partial charge in [-0.25, -0.2) is 0 Å². The number of aliphatic hydroxyl groups is 1. The molecule has 6 heteroatoms. The van der Waals surface area contributed by atoms with Gasteiger partial charge in [-0.1, -0.05) is 49.7 Å². The summed E-state index contributed by atoms with van der Waals surface area (Å²) in [5.74, 6) is -0.366. The molecule has 1 atom stereocenters. The molecular formula is C27H27NO5. The van der Waals surface area contributed by atoms with Crippen LogP contribution in [0.1, 0.15) is 53.8 Å². The van der Waals surface area contributed by atoms with E-state index in [2.05, 4.69) is 13.8 Å². The van der Waals surface area contributed by atoms with E-state index in [9.17, 15) is 14.7 Å². The summed E-state index contributed by atoms with van der Waals surface area (Å²) in [6, 6.07) is 15.8. The maximum absolute atomic E-state index is 13.2. The number of hydrogen-bond acceptors (Lipinski definition) is 5. The normalized spacial score (nSPS) is 17.7. The Morgan fingerprint density at radius 2 is 1.85 bits per heavy atom. The van der Waals surface area contributed by atoms with E-state index in [0.717, 1.165) is 16.7 Å². The zero-order valence-electron chi connectivity index (χ0n) is 19.2. The summed E-state index contributed by atoms with van der Waals surface area (Å²) < 4.78 is 10.9. The molecule has 4 rings (SSSR count). The van der Waals surface area contributed by atoms with Crippen LogP contribution in [0.5, 0.6) is 5.75 Å². The van der Waals surface area contributed by atoms with Gasteiger partial charge in [-0.3, -0.25) is 9.59 Å². The fraction of sp³-hybridized carbons (Fsp3) is 0.259. The van der Waals surface area contributed by atoms with Crippen molar-refractivity contribution in [3.63, 3.8) is 0 Å². The number of nitrogens with zero attached hydrogens (tertiary/aromatic N) is 1. The lowest BCUT2D eigenvalue weighted by molar-refractivity contribution is -0.140. The first kappa shape index (κ1) is 22.4. The number of rotatable bonds is 6. The van der Waals surface area contributed by atoms with Gasteiger partial charge in [0.1, 0.15) is 17.3 Å². The molecule has 3 aromatic rings. The van der Waals surface area contributed by atoms with Crippen LogP contribution in [0.15, 0.2) is 70.9 Å². The van der Waals surface area contributed by atoms with Gasteiger partial charge in [-0.05, 0) is 48.2 Å². The maximum Gasteiger partial charge on any atom is 0.296 e. The Bertz CT molecular complexity index is 1210. The third kappa shape index (κ3) is 4.16. The molecule has 0 aliphatic carbocycles. The number of carbonyl (C=O) groups excluding carboxylic acids is 2. The predicted molar refractivity (Wildman–Crippen MR) is 125 cm³/mol. The lowest BCUT2D eigenvalue weighted by Crippen LogP contribution is -2.29. The van der Waals surface area contributed by atoms with Crippen molar-refractivity contribution in [1.82, 2.24) is 4.90 Å². The van der Waals surface area contributed by atoms with Crippen LogP contribution in [0.4, 0.5) is 0 Å². The van der Waals surface area contributed by atoms with E-state index in [4.69, 9.17) is 9.15 Å². The number of methoxy groups -OCH3 is 1. The molecule has 6 nitrogen and oxygen atoms in total. The predicted octanol–water partition coefficient (Wildman–Crippen LogP) is 5.34. The Balaban J connectivity index is 1.90. The summed E-state index contributed by atoms with van der Waals surface area (Å²) in [5, 5.41) is 11.3. The van der Waals surface area contributed by atoms with Crippen LogP contribution in [0.25, 0.3) is 5.76 Å². The van der Waals surface area contributed by atoms with Crippen LogP contribution >= 0.6 is 0 Å². The number of benzene rings is 2. The Labute approximate surface area is 193 Å². The molecule has 0 radical (unpaired) electrons. The van der Waals surface area contributed by atoms with Gasteiger partial charge in [0.25, 0.3) is 11.7 Å². The summed E-state index contributed by atoms with van der Waals surface area (Å²) >= 11 is 0. The molecule has 0 saturated carbocycles. The summed E-state index contributed by atoms with van der Waals surface area (Å²) in [6.07, 6.45) is 1.52. The van der Waals surface area contributed by atoms with E-state index >= 15 is 0 Å². The van der Waals surface area contributed by atoms with Gasteiger partial charge >= 0.3 is 0 Å². The minimum Gasteiger partial charge on any atom is -0.507 e. The van der Waals surface area contributed by atoms with E-state index in [1.54, 1.807) is 24.3 Å². The molecule has 2 heterocycles. The number of likely N-dealkylation sites (tertiary alicyclic amines) is 1. The van der Waals surface area contributed by atoms with Crippen molar-refractivity contribution < 1.29 is 23.8 Å². The first-order valence-electron chi connectivity index (χ1n) is 10.9. The molecule has 0 bridgehead atoms. The lowest BCUT2D eigenvalue weighted by Gasteiger charge is -2.25. The highest BCUT2D eigenvalue weighted by atomic mass is 16.5. The zero-order valence-corrected chi connectivity index (χ0v) is 19.2. The van der Waals surface area contributed by atoms with Gasteiger partial charge in [-0.2, -0.15) is 0 Å². The number of furan rings is 1. The van der Waals surface area contributed by atoms with Crippen LogP contribution in [0.2, 0.25) is 0 Å². The van der Waals surface area contributed by atoms with Gasteiger partial charge in [0.05, 0.1) is 37.1 Å². The van der Waals surface area contributed by atoms with Gasteiger partial charge < -0.3 is 19.2 Å². The third-order valence-corrected chi connectivity index (χ3v) is 5.98. The molecule has 170 valence electrons. The van der Waals surface area contributed by atoms with Crippen LogP contribution in [-0.4, -0.2) is 28.8 Å². The first-order valence-corrected chi connectivity index (χ1v) is 10.9. The average Bonchev–Trinajstić information content (AvgIpc) is 3.41. The van der Waals surface area contributed by atoms with Crippen molar-refractivity contribution in [2.24, 2.45) is 0 Å². The van der Waals surface area contributed by atoms with Gasteiger partial charge in [0.15, 0.2) is 0 Å². The third-order valence-electron chi connectivity index (χ3n) is 5.98. The number of aryl methyl sites for hydroxylation is 1. The number of carbonyl (C=O) groups is 2. The zero-order chi connectivity index (χ0) is 23.7. The molecular weight excluding hydrogens is 418 g/mol. The largest absolute Gasteiger partial charge is 0.507 e. The lowest BCUT2D eigenvalue weighted by atomic mass is 9.92. The fourth-order valence-electron chi connectivity index (χ4n) is 4.18. The number of ketones is 1. The molecule has 1 aliphatic heterocycles. The highest BCUT2D eigenvalue weighted by molar-refractivity contribution is 6.46. The maximum atomic E-state index is 13.2. The topological polar surface area (TPSA) is 80.0 Å². The number of aliphatic hydroxyl groups excluding tert-OH is 1. The molecule has 1 fully saturated rings. The Kier molecular flexibility index (Phi) is 6.09. The van der Waals surface area contributed by atoms with E-state index in [1.165, 1.54) is 18.3 Å². The number of Topliss-reactive ketones (excluding diaryl/α,β-unsaturated/α-hetero) is 1. The second-order valence-corrected chi connectivity index (χ2v) is 8.53. The standard InChI is InChI=1S/C27H27NO5/c1-16(2)18-8-10-19(11-9-18)24-23(25(29)21-14-17(3)7-12-22(21)32-4)26(30)27(31)28(24)15-20-6-5-13-33-20/h5-14,16,24,29H,15H2,1-4H3/b25-23+. The van der Waals surface area contributed by atoms with Crippen LogP contribution in [0, 0.1) is 6.92 Å². The van der Waals surface area contributed by atoms with Crippen LogP contribution < -0.4 is 4.74 Å². The average molecular weight is 446 g/mol. The molecule has 1 aromatic heterocycles. The van der Waals surface area contributed by atoms with Gasteiger partial charge in [0.2, 0.25) is 0 Å². The molecule has 1 N–H and O–H groups in total. The summed E-state index contributed by atoms with van der Waals surface area (Å²) in [6.45, 7) is 6.19. The van der Waals surface area contributed by atoms with E-state index < -0.39 is 17.7 Å². The fourth-order valence-corrected chi connectivity index (χ4v) is 4.18. The number of ether oxygens (including phenoxy) is 1. The van der Waals surface area contributed by atoms with E-state index in [-0.39, 0.29) is 17.9 Å². The van der Waals surface area contributed by atoms with Crippen molar-refractivity contribution in [3.8, 4) is 5.75 Å². The van der Waals surface area contributed by atoms with Crippen molar-refractivity contribution >= 4 is 17.4 Å². The minimum atomic E-state index is -0.762. The van der Waals surface area contributed by atoms with Crippen molar-refractivity contribution in [2.45, 2.75) is 39.3 Å². The second kappa shape index (κ2) is 8.98. The molecule has 1 saturated heterocycles. The highest BCUT2D eigenvalue weighted by Gasteiger charge is 2.46. The van der Waals surface area contributed by atoms with E-state index in [1.807, 2.05) is 37.3 Å². The van der Waals surface area contributed by atoms with E-state index in [0.29, 0.717) is 23.0 Å². The second-order valence-electron chi connectivity index (χ2n) is 8.53. The summed E-state index contributed by atoms with van der Waals surface area (Å²) in [4.78, 5) is 27.8. The summed E-state index contributed by atoms with van der Waals surface area (Å²) in [7, 11) is 1.50. The van der Waals surface area contributed by atoms with Crippen molar-refractivity contribution in [3.05, 3.63) is 94.4 Å². The summed E-state index contributed by atoms with van der Waals surface area (Å²) in [5.41, 5.74) is 3.17. The quantitative estimate of drug-likeness (QED) is 0.315. The van der Waals surface area contributed by atoms with Crippen molar-refractivity contribution in [1.29, 1.82) is 0 Å². The van der Waals surface area contributed by atoms with Crippen molar-refractivity contribution in [2.75, 3.05) is 7.11 Å². The smallest absolute Gasteiger partial charge is 0.296 e. The Morgan fingerprint density at radius 3 is 2.45 bits per heavy atom. The number of hydrogen-bond donors (Lipinski definition) is 1. The molecule has 1 amide bonds.